The van der Waals surface area contributed by atoms with Crippen molar-refractivity contribution in [3.8, 4) is 6.07 Å². The SMILES string of the molecule is CN(Cc1cccc(C#N)c1)C(=O)CCC1CCNC1. The molecule has 1 saturated heterocycles. The molecule has 0 aliphatic carbocycles. The lowest BCUT2D eigenvalue weighted by Gasteiger charge is -2.18. The Morgan fingerprint density at radius 2 is 2.40 bits per heavy atom. The van der Waals surface area contributed by atoms with Crippen LogP contribution in [-0.2, 0) is 11.3 Å². The molecule has 0 bridgehead atoms. The summed E-state index contributed by atoms with van der Waals surface area (Å²) in [5.41, 5.74) is 1.64. The van der Waals surface area contributed by atoms with Crippen LogP contribution in [0.1, 0.15) is 30.4 Å². The molecule has 106 valence electrons. The maximum Gasteiger partial charge on any atom is 0.222 e. The number of rotatable bonds is 5. The summed E-state index contributed by atoms with van der Waals surface area (Å²) in [4.78, 5) is 13.8. The Labute approximate surface area is 120 Å². The van der Waals surface area contributed by atoms with E-state index in [1.807, 2.05) is 25.2 Å². The zero-order chi connectivity index (χ0) is 14.4. The van der Waals surface area contributed by atoms with Crippen LogP contribution >= 0.6 is 0 Å². The number of amides is 1. The van der Waals surface area contributed by atoms with Gasteiger partial charge in [0, 0.05) is 20.0 Å². The van der Waals surface area contributed by atoms with Gasteiger partial charge in [-0.05, 0) is 49.5 Å². The first kappa shape index (κ1) is 14.5. The third-order valence-electron chi connectivity index (χ3n) is 3.83. The van der Waals surface area contributed by atoms with Gasteiger partial charge in [-0.1, -0.05) is 12.1 Å². The fourth-order valence-electron chi connectivity index (χ4n) is 2.58. The molecule has 1 unspecified atom stereocenters. The van der Waals surface area contributed by atoms with Crippen LogP contribution in [0.5, 0.6) is 0 Å². The zero-order valence-corrected chi connectivity index (χ0v) is 11.9. The number of nitriles is 1. The van der Waals surface area contributed by atoms with E-state index >= 15 is 0 Å². The lowest BCUT2D eigenvalue weighted by Crippen LogP contribution is -2.26. The van der Waals surface area contributed by atoms with Crippen LogP contribution in [-0.4, -0.2) is 30.9 Å². The number of carbonyl (C=O) groups excluding carboxylic acids is 1. The van der Waals surface area contributed by atoms with E-state index < -0.39 is 0 Å². The van der Waals surface area contributed by atoms with E-state index in [2.05, 4.69) is 11.4 Å². The van der Waals surface area contributed by atoms with Gasteiger partial charge in [-0.15, -0.1) is 0 Å². The molecule has 1 heterocycles. The molecule has 20 heavy (non-hydrogen) atoms. The van der Waals surface area contributed by atoms with Crippen molar-refractivity contribution >= 4 is 5.91 Å². The van der Waals surface area contributed by atoms with Gasteiger partial charge in [0.25, 0.3) is 0 Å². The second-order valence-corrected chi connectivity index (χ2v) is 5.46. The van der Waals surface area contributed by atoms with Gasteiger partial charge < -0.3 is 10.2 Å². The van der Waals surface area contributed by atoms with Gasteiger partial charge in [-0.2, -0.15) is 5.26 Å². The molecule has 1 aromatic carbocycles. The smallest absolute Gasteiger partial charge is 0.222 e. The van der Waals surface area contributed by atoms with Crippen molar-refractivity contribution in [1.29, 1.82) is 5.26 Å². The number of nitrogens with zero attached hydrogens (tertiary/aromatic N) is 2. The highest BCUT2D eigenvalue weighted by molar-refractivity contribution is 5.75. The van der Waals surface area contributed by atoms with Crippen LogP contribution in [0, 0.1) is 17.2 Å². The summed E-state index contributed by atoms with van der Waals surface area (Å²) in [6.45, 7) is 2.69. The molecule has 1 fully saturated rings. The Morgan fingerprint density at radius 1 is 1.55 bits per heavy atom. The topological polar surface area (TPSA) is 56.1 Å². The van der Waals surface area contributed by atoms with E-state index in [4.69, 9.17) is 5.26 Å². The number of hydrogen-bond donors (Lipinski definition) is 1. The maximum absolute atomic E-state index is 12.1. The van der Waals surface area contributed by atoms with E-state index in [-0.39, 0.29) is 5.91 Å². The lowest BCUT2D eigenvalue weighted by atomic mass is 10.0. The first-order chi connectivity index (χ1) is 9.69. The second-order valence-electron chi connectivity index (χ2n) is 5.46. The van der Waals surface area contributed by atoms with Crippen LogP contribution < -0.4 is 5.32 Å². The highest BCUT2D eigenvalue weighted by Crippen LogP contribution is 2.15. The summed E-state index contributed by atoms with van der Waals surface area (Å²) in [6, 6.07) is 9.54. The van der Waals surface area contributed by atoms with Gasteiger partial charge in [-0.25, -0.2) is 0 Å². The van der Waals surface area contributed by atoms with Crippen molar-refractivity contribution in [3.05, 3.63) is 35.4 Å². The van der Waals surface area contributed by atoms with Crippen molar-refractivity contribution in [3.63, 3.8) is 0 Å². The second kappa shape index (κ2) is 7.06. The molecule has 1 amide bonds. The lowest BCUT2D eigenvalue weighted by molar-refractivity contribution is -0.130. The van der Waals surface area contributed by atoms with E-state index in [0.717, 1.165) is 25.1 Å². The predicted octanol–water partition coefficient (Wildman–Crippen LogP) is 1.91. The largest absolute Gasteiger partial charge is 0.341 e. The summed E-state index contributed by atoms with van der Waals surface area (Å²) in [6.07, 6.45) is 2.76. The average molecular weight is 271 g/mol. The van der Waals surface area contributed by atoms with Crippen LogP contribution in [0.3, 0.4) is 0 Å². The summed E-state index contributed by atoms with van der Waals surface area (Å²) in [7, 11) is 1.83. The molecule has 0 spiro atoms. The van der Waals surface area contributed by atoms with E-state index in [0.29, 0.717) is 24.4 Å². The average Bonchev–Trinajstić information content (AvgIpc) is 2.98. The first-order valence-corrected chi connectivity index (χ1v) is 7.13. The molecule has 0 radical (unpaired) electrons. The van der Waals surface area contributed by atoms with Gasteiger partial charge in [0.15, 0.2) is 0 Å². The van der Waals surface area contributed by atoms with Crippen LogP contribution in [0.2, 0.25) is 0 Å². The Hall–Kier alpha value is -1.86. The predicted molar refractivity (Wildman–Crippen MR) is 77.8 cm³/mol. The molecule has 0 aromatic heterocycles. The molecule has 1 aromatic rings. The molecule has 4 heteroatoms. The molecule has 0 saturated carbocycles. The standard InChI is InChI=1S/C16H21N3O/c1-19(12-15-4-2-3-14(9-15)10-17)16(20)6-5-13-7-8-18-11-13/h2-4,9,13,18H,5-8,11-12H2,1H3. The quantitative estimate of drug-likeness (QED) is 0.890. The minimum Gasteiger partial charge on any atom is -0.341 e. The normalized spacial score (nSPS) is 17.7. The van der Waals surface area contributed by atoms with Gasteiger partial charge in [0.2, 0.25) is 5.91 Å². The van der Waals surface area contributed by atoms with Crippen molar-refractivity contribution in [2.75, 3.05) is 20.1 Å². The van der Waals surface area contributed by atoms with Crippen LogP contribution in [0.15, 0.2) is 24.3 Å². The molecule has 1 aliphatic rings. The van der Waals surface area contributed by atoms with E-state index in [1.54, 1.807) is 11.0 Å². The van der Waals surface area contributed by atoms with Gasteiger partial charge in [0.1, 0.15) is 0 Å². The van der Waals surface area contributed by atoms with Crippen LogP contribution in [0.25, 0.3) is 0 Å². The summed E-state index contributed by atoms with van der Waals surface area (Å²) in [5, 5.41) is 12.2. The number of hydrogen-bond acceptors (Lipinski definition) is 3. The molecular weight excluding hydrogens is 250 g/mol. The number of benzene rings is 1. The summed E-state index contributed by atoms with van der Waals surface area (Å²) in [5.74, 6) is 0.827. The Kier molecular flexibility index (Phi) is 5.14. The van der Waals surface area contributed by atoms with Crippen molar-refractivity contribution in [1.82, 2.24) is 10.2 Å². The minimum absolute atomic E-state index is 0.180. The summed E-state index contributed by atoms with van der Waals surface area (Å²) >= 11 is 0. The highest BCUT2D eigenvalue weighted by Gasteiger charge is 2.17. The Morgan fingerprint density at radius 3 is 3.10 bits per heavy atom. The third kappa shape index (κ3) is 4.07. The van der Waals surface area contributed by atoms with E-state index in [9.17, 15) is 4.79 Å². The van der Waals surface area contributed by atoms with Gasteiger partial charge in [-0.3, -0.25) is 4.79 Å². The van der Waals surface area contributed by atoms with Crippen molar-refractivity contribution < 1.29 is 4.79 Å². The monoisotopic (exact) mass is 271 g/mol. The number of carbonyl (C=O) groups is 1. The molecule has 2 rings (SSSR count). The fraction of sp³-hybridized carbons (Fsp3) is 0.500. The highest BCUT2D eigenvalue weighted by atomic mass is 16.2. The van der Waals surface area contributed by atoms with Crippen molar-refractivity contribution in [2.45, 2.75) is 25.8 Å². The molecular formula is C16H21N3O. The minimum atomic E-state index is 0.180. The van der Waals surface area contributed by atoms with Crippen molar-refractivity contribution in [2.24, 2.45) is 5.92 Å². The molecule has 1 atom stereocenters. The van der Waals surface area contributed by atoms with Crippen LogP contribution in [0.4, 0.5) is 0 Å². The maximum atomic E-state index is 12.1. The first-order valence-electron chi connectivity index (χ1n) is 7.13. The number of nitrogens with one attached hydrogen (secondary N) is 1. The molecule has 1 aliphatic heterocycles. The molecule has 4 nitrogen and oxygen atoms in total. The Balaban J connectivity index is 1.82. The van der Waals surface area contributed by atoms with Gasteiger partial charge >= 0.3 is 0 Å². The zero-order valence-electron chi connectivity index (χ0n) is 11.9. The fourth-order valence-corrected chi connectivity index (χ4v) is 2.58. The van der Waals surface area contributed by atoms with Gasteiger partial charge in [0.05, 0.1) is 11.6 Å². The Bertz CT molecular complexity index is 501. The van der Waals surface area contributed by atoms with E-state index in [1.165, 1.54) is 6.42 Å². The third-order valence-corrected chi connectivity index (χ3v) is 3.83. The molecule has 1 N–H and O–H groups in total. The summed E-state index contributed by atoms with van der Waals surface area (Å²) < 4.78 is 0.